The lowest BCUT2D eigenvalue weighted by atomic mass is 10.0. The number of benzene rings is 1. The third kappa shape index (κ3) is 6.39. The summed E-state index contributed by atoms with van der Waals surface area (Å²) in [6.45, 7) is 1.86. The minimum absolute atomic E-state index is 0. The maximum absolute atomic E-state index is 14.3. The Hall–Kier alpha value is -1.72. The Bertz CT molecular complexity index is 878. The van der Waals surface area contributed by atoms with Crippen LogP contribution in [0.25, 0.3) is 0 Å². The fourth-order valence-electron chi connectivity index (χ4n) is 3.63. The molecule has 1 aliphatic rings. The third-order valence-electron chi connectivity index (χ3n) is 5.21. The van der Waals surface area contributed by atoms with E-state index in [0.717, 1.165) is 25.3 Å². The Balaban J connectivity index is 0.00000341. The first kappa shape index (κ1) is 25.5. The Morgan fingerprint density at radius 1 is 1.29 bits per heavy atom. The van der Waals surface area contributed by atoms with E-state index in [1.54, 1.807) is 32.2 Å². The fourth-order valence-corrected chi connectivity index (χ4v) is 3.87. The summed E-state index contributed by atoms with van der Waals surface area (Å²) in [4.78, 5) is 12.5. The number of aliphatic imine (C=N–C) groups is 1. The molecule has 1 aliphatic heterocycles. The summed E-state index contributed by atoms with van der Waals surface area (Å²) in [7, 11) is 5.26. The second-order valence-corrected chi connectivity index (χ2v) is 7.86. The first-order chi connectivity index (χ1) is 14.4. The summed E-state index contributed by atoms with van der Waals surface area (Å²) in [5.74, 6) is 0.237. The monoisotopic (exact) mass is 564 g/mol. The van der Waals surface area contributed by atoms with Crippen LogP contribution in [-0.2, 0) is 0 Å². The Morgan fingerprint density at radius 2 is 2.00 bits per heavy atom. The summed E-state index contributed by atoms with van der Waals surface area (Å²) in [6.07, 6.45) is 2.62. The van der Waals surface area contributed by atoms with Crippen LogP contribution < -0.4 is 15.5 Å². The third-order valence-corrected chi connectivity index (χ3v) is 5.51. The highest BCUT2D eigenvalue weighted by Gasteiger charge is 2.26. The van der Waals surface area contributed by atoms with Crippen LogP contribution >= 0.6 is 35.6 Å². The van der Waals surface area contributed by atoms with Crippen molar-refractivity contribution in [2.24, 2.45) is 4.99 Å². The highest BCUT2D eigenvalue weighted by Crippen LogP contribution is 2.26. The highest BCUT2D eigenvalue weighted by atomic mass is 127. The van der Waals surface area contributed by atoms with Crippen LogP contribution in [0.15, 0.2) is 41.5 Å². The van der Waals surface area contributed by atoms with Gasteiger partial charge >= 0.3 is 0 Å². The number of nitrogens with zero attached hydrogens (tertiary/aromatic N) is 4. The SMILES string of the molecule is CN=C(NCC(c1c(F)cccc1F)N(C)C)NC1CCN(c2ncccc2Cl)C1.I. The summed E-state index contributed by atoms with van der Waals surface area (Å²) >= 11 is 6.26. The summed E-state index contributed by atoms with van der Waals surface area (Å²) in [6, 6.07) is 7.22. The minimum atomic E-state index is -0.558. The first-order valence-corrected chi connectivity index (χ1v) is 10.2. The van der Waals surface area contributed by atoms with E-state index in [0.29, 0.717) is 17.5 Å². The van der Waals surface area contributed by atoms with Gasteiger partial charge in [-0.25, -0.2) is 13.8 Å². The number of hydrogen-bond donors (Lipinski definition) is 2. The van der Waals surface area contributed by atoms with Gasteiger partial charge in [0.1, 0.15) is 17.5 Å². The van der Waals surface area contributed by atoms with Crippen LogP contribution in [0, 0.1) is 11.6 Å². The lowest BCUT2D eigenvalue weighted by Crippen LogP contribution is -2.47. The largest absolute Gasteiger partial charge is 0.354 e. The van der Waals surface area contributed by atoms with Crippen LogP contribution in [-0.4, -0.2) is 62.7 Å². The zero-order valence-electron chi connectivity index (χ0n) is 17.8. The molecule has 170 valence electrons. The van der Waals surface area contributed by atoms with Crippen molar-refractivity contribution in [3.8, 4) is 0 Å². The van der Waals surface area contributed by atoms with Gasteiger partial charge in [0.2, 0.25) is 0 Å². The zero-order chi connectivity index (χ0) is 21.7. The van der Waals surface area contributed by atoms with Gasteiger partial charge in [-0.05, 0) is 44.8 Å². The number of aromatic nitrogens is 1. The molecule has 2 heterocycles. The average molecular weight is 565 g/mol. The molecule has 0 bridgehead atoms. The number of halogens is 4. The van der Waals surface area contributed by atoms with Crippen LogP contribution in [0.3, 0.4) is 0 Å². The molecule has 10 heteroatoms. The maximum Gasteiger partial charge on any atom is 0.191 e. The van der Waals surface area contributed by atoms with Gasteiger partial charge in [0.05, 0.1) is 11.1 Å². The molecule has 0 radical (unpaired) electrons. The van der Waals surface area contributed by atoms with Crippen molar-refractivity contribution in [3.05, 3.63) is 58.7 Å². The first-order valence-electron chi connectivity index (χ1n) is 9.83. The quantitative estimate of drug-likeness (QED) is 0.319. The van der Waals surface area contributed by atoms with Crippen molar-refractivity contribution in [1.29, 1.82) is 0 Å². The number of pyridine rings is 1. The zero-order valence-corrected chi connectivity index (χ0v) is 20.9. The van der Waals surface area contributed by atoms with Gasteiger partial charge in [-0.1, -0.05) is 17.7 Å². The molecule has 1 fully saturated rings. The second-order valence-electron chi connectivity index (χ2n) is 7.45. The molecule has 0 aliphatic carbocycles. The molecule has 2 unspecified atom stereocenters. The molecule has 0 saturated carbocycles. The molecule has 1 saturated heterocycles. The predicted molar refractivity (Wildman–Crippen MR) is 133 cm³/mol. The van der Waals surface area contributed by atoms with Crippen molar-refractivity contribution in [2.75, 3.05) is 45.7 Å². The maximum atomic E-state index is 14.3. The van der Waals surface area contributed by atoms with Crippen LogP contribution in [0.5, 0.6) is 0 Å². The summed E-state index contributed by atoms with van der Waals surface area (Å²) in [5, 5.41) is 7.21. The molecule has 0 spiro atoms. The minimum Gasteiger partial charge on any atom is -0.354 e. The second kappa shape index (κ2) is 11.8. The van der Waals surface area contributed by atoms with Gasteiger partial charge < -0.3 is 20.4 Å². The van der Waals surface area contributed by atoms with Gasteiger partial charge in [-0.3, -0.25) is 4.99 Å². The topological polar surface area (TPSA) is 55.8 Å². The summed E-state index contributed by atoms with van der Waals surface area (Å²) in [5.41, 5.74) is 0.0438. The molecular weight excluding hydrogens is 537 g/mol. The van der Waals surface area contributed by atoms with Gasteiger partial charge in [0.25, 0.3) is 0 Å². The molecule has 31 heavy (non-hydrogen) atoms. The van der Waals surface area contributed by atoms with Crippen molar-refractivity contribution in [1.82, 2.24) is 20.5 Å². The van der Waals surface area contributed by atoms with E-state index in [4.69, 9.17) is 11.6 Å². The van der Waals surface area contributed by atoms with Gasteiger partial charge in [-0.2, -0.15) is 0 Å². The normalized spacial score (nSPS) is 17.5. The molecule has 1 aromatic carbocycles. The number of hydrogen-bond acceptors (Lipinski definition) is 4. The van der Waals surface area contributed by atoms with Gasteiger partial charge in [0, 0.05) is 44.5 Å². The Kier molecular flexibility index (Phi) is 9.70. The van der Waals surface area contributed by atoms with Gasteiger partial charge in [0.15, 0.2) is 5.96 Å². The van der Waals surface area contributed by atoms with Crippen molar-refractivity contribution in [3.63, 3.8) is 0 Å². The fraction of sp³-hybridized carbons (Fsp3) is 0.429. The molecular formula is C21H28ClF2IN6. The van der Waals surface area contributed by atoms with E-state index < -0.39 is 17.7 Å². The molecule has 0 amide bonds. The number of nitrogens with one attached hydrogen (secondary N) is 2. The van der Waals surface area contributed by atoms with Crippen molar-refractivity contribution >= 4 is 47.4 Å². The van der Waals surface area contributed by atoms with E-state index in [2.05, 4.69) is 25.5 Å². The lowest BCUT2D eigenvalue weighted by Gasteiger charge is -2.27. The van der Waals surface area contributed by atoms with Crippen molar-refractivity contribution in [2.45, 2.75) is 18.5 Å². The molecule has 2 N–H and O–H groups in total. The average Bonchev–Trinajstić information content (AvgIpc) is 3.17. The number of anilines is 1. The van der Waals surface area contributed by atoms with E-state index in [1.807, 2.05) is 12.1 Å². The standard InChI is InChI=1S/C21H27ClF2N6.HI/c1-25-21(27-12-18(29(2)3)19-16(23)7-4-8-17(19)24)28-14-9-11-30(13-14)20-15(22)6-5-10-26-20;/h4-8,10,14,18H,9,11-13H2,1-3H3,(H2,25,27,28);1H. The van der Waals surface area contributed by atoms with E-state index in [9.17, 15) is 8.78 Å². The predicted octanol–water partition coefficient (Wildman–Crippen LogP) is 3.68. The Morgan fingerprint density at radius 3 is 2.61 bits per heavy atom. The van der Waals surface area contributed by atoms with Crippen LogP contribution in [0.4, 0.5) is 14.6 Å². The lowest BCUT2D eigenvalue weighted by molar-refractivity contribution is 0.282. The van der Waals surface area contributed by atoms with E-state index >= 15 is 0 Å². The van der Waals surface area contributed by atoms with Crippen molar-refractivity contribution < 1.29 is 8.78 Å². The van der Waals surface area contributed by atoms with Crippen LogP contribution in [0.2, 0.25) is 5.02 Å². The molecule has 6 nitrogen and oxygen atoms in total. The number of guanidine groups is 1. The molecule has 2 atom stereocenters. The van der Waals surface area contributed by atoms with Crippen LogP contribution in [0.1, 0.15) is 18.0 Å². The van der Waals surface area contributed by atoms with E-state index in [1.165, 1.54) is 18.2 Å². The van der Waals surface area contributed by atoms with Gasteiger partial charge in [-0.15, -0.1) is 24.0 Å². The molecule has 3 rings (SSSR count). The smallest absolute Gasteiger partial charge is 0.191 e. The van der Waals surface area contributed by atoms with E-state index in [-0.39, 0.29) is 35.6 Å². The number of rotatable bonds is 6. The molecule has 2 aromatic rings. The summed E-state index contributed by atoms with van der Waals surface area (Å²) < 4.78 is 28.5. The number of likely N-dealkylation sites (N-methyl/N-ethyl adjacent to an activating group) is 1. The highest BCUT2D eigenvalue weighted by molar-refractivity contribution is 14.0. The molecule has 1 aromatic heterocycles. The Labute approximate surface area is 204 Å².